The number of rotatable bonds is 9. The molecule has 0 saturated carbocycles. The fourth-order valence-electron chi connectivity index (χ4n) is 2.30. The first-order chi connectivity index (χ1) is 11.2. The third kappa shape index (κ3) is 6.81. The van der Waals surface area contributed by atoms with Gasteiger partial charge in [-0.15, -0.1) is 12.4 Å². The van der Waals surface area contributed by atoms with Gasteiger partial charge in [-0.05, 0) is 42.1 Å². The molecule has 0 aliphatic heterocycles. The minimum atomic E-state index is 0. The molecule has 0 aliphatic rings. The lowest BCUT2D eigenvalue weighted by molar-refractivity contribution is 0.284. The van der Waals surface area contributed by atoms with Crippen molar-refractivity contribution in [2.45, 2.75) is 33.4 Å². The van der Waals surface area contributed by atoms with Gasteiger partial charge in [-0.2, -0.15) is 0 Å². The average molecular weight is 350 g/mol. The standard InChI is InChI=1S/C20H27NO2.ClH/c1-16(2)11-12-21-14-18-9-10-19(20(13-18)22-3)23-15-17-7-5-4-6-8-17;/h4-10,13,16,21H,11-12,14-15H2,1-3H3;1H. The molecule has 1 N–H and O–H groups in total. The lowest BCUT2D eigenvalue weighted by Gasteiger charge is -2.13. The van der Waals surface area contributed by atoms with Crippen LogP contribution in [0.5, 0.6) is 11.5 Å². The molecule has 0 amide bonds. The van der Waals surface area contributed by atoms with Gasteiger partial charge in [0.05, 0.1) is 7.11 Å². The van der Waals surface area contributed by atoms with Crippen molar-refractivity contribution in [2.24, 2.45) is 5.92 Å². The zero-order valence-corrected chi connectivity index (χ0v) is 15.6. The minimum absolute atomic E-state index is 0. The highest BCUT2D eigenvalue weighted by Crippen LogP contribution is 2.28. The van der Waals surface area contributed by atoms with Gasteiger partial charge >= 0.3 is 0 Å². The third-order valence-corrected chi connectivity index (χ3v) is 3.69. The predicted molar refractivity (Wildman–Crippen MR) is 102 cm³/mol. The highest BCUT2D eigenvalue weighted by atomic mass is 35.5. The van der Waals surface area contributed by atoms with Gasteiger partial charge in [0.25, 0.3) is 0 Å². The molecule has 0 atom stereocenters. The second kappa shape index (κ2) is 11.0. The van der Waals surface area contributed by atoms with Gasteiger partial charge in [0.15, 0.2) is 11.5 Å². The van der Waals surface area contributed by atoms with E-state index in [2.05, 4.69) is 37.4 Å². The van der Waals surface area contributed by atoms with Crippen LogP contribution in [0.1, 0.15) is 31.4 Å². The number of methoxy groups -OCH3 is 1. The molecule has 2 aromatic rings. The molecule has 4 heteroatoms. The molecule has 0 unspecified atom stereocenters. The van der Waals surface area contributed by atoms with Crippen LogP contribution in [-0.2, 0) is 13.2 Å². The summed E-state index contributed by atoms with van der Waals surface area (Å²) in [6.07, 6.45) is 1.19. The number of hydrogen-bond acceptors (Lipinski definition) is 3. The molecule has 2 rings (SSSR count). The molecule has 0 aromatic heterocycles. The molecular formula is C20H28ClNO2. The number of benzene rings is 2. The Morgan fingerprint density at radius 1 is 0.958 bits per heavy atom. The maximum Gasteiger partial charge on any atom is 0.161 e. The van der Waals surface area contributed by atoms with E-state index in [1.807, 2.05) is 30.3 Å². The Labute approximate surface area is 151 Å². The molecule has 0 heterocycles. The van der Waals surface area contributed by atoms with Crippen LogP contribution in [0.2, 0.25) is 0 Å². The predicted octanol–water partition coefficient (Wildman–Crippen LogP) is 4.83. The maximum atomic E-state index is 5.88. The van der Waals surface area contributed by atoms with E-state index < -0.39 is 0 Å². The lowest BCUT2D eigenvalue weighted by atomic mass is 10.1. The van der Waals surface area contributed by atoms with E-state index in [9.17, 15) is 0 Å². The van der Waals surface area contributed by atoms with E-state index in [1.54, 1.807) is 7.11 Å². The smallest absolute Gasteiger partial charge is 0.161 e. The Balaban J connectivity index is 0.00000288. The number of nitrogens with one attached hydrogen (secondary N) is 1. The van der Waals surface area contributed by atoms with Crippen LogP contribution < -0.4 is 14.8 Å². The molecular weight excluding hydrogens is 322 g/mol. The number of halogens is 1. The number of ether oxygens (including phenoxy) is 2. The molecule has 0 spiro atoms. The van der Waals surface area contributed by atoms with Gasteiger partial charge in [0.2, 0.25) is 0 Å². The van der Waals surface area contributed by atoms with Gasteiger partial charge in [-0.3, -0.25) is 0 Å². The first-order valence-electron chi connectivity index (χ1n) is 8.23. The quantitative estimate of drug-likeness (QED) is 0.657. The SMILES string of the molecule is COc1cc(CNCCC(C)C)ccc1OCc1ccccc1.Cl. The van der Waals surface area contributed by atoms with Crippen molar-refractivity contribution >= 4 is 12.4 Å². The fourth-order valence-corrected chi connectivity index (χ4v) is 2.30. The van der Waals surface area contributed by atoms with Gasteiger partial charge in [-0.1, -0.05) is 50.2 Å². The Morgan fingerprint density at radius 2 is 1.71 bits per heavy atom. The summed E-state index contributed by atoms with van der Waals surface area (Å²) >= 11 is 0. The van der Waals surface area contributed by atoms with Crippen molar-refractivity contribution in [3.8, 4) is 11.5 Å². The Bertz CT molecular complexity index is 587. The van der Waals surface area contributed by atoms with E-state index in [4.69, 9.17) is 9.47 Å². The zero-order valence-electron chi connectivity index (χ0n) is 14.7. The second-order valence-corrected chi connectivity index (χ2v) is 6.12. The van der Waals surface area contributed by atoms with Gasteiger partial charge < -0.3 is 14.8 Å². The molecule has 0 saturated heterocycles. The molecule has 3 nitrogen and oxygen atoms in total. The number of hydrogen-bond donors (Lipinski definition) is 1. The minimum Gasteiger partial charge on any atom is -0.493 e. The second-order valence-electron chi connectivity index (χ2n) is 6.12. The Hall–Kier alpha value is -1.71. The summed E-state index contributed by atoms with van der Waals surface area (Å²) in [6.45, 7) is 6.91. The van der Waals surface area contributed by atoms with Crippen LogP contribution in [0.15, 0.2) is 48.5 Å². The van der Waals surface area contributed by atoms with Crippen molar-refractivity contribution in [2.75, 3.05) is 13.7 Å². The van der Waals surface area contributed by atoms with Crippen LogP contribution in [-0.4, -0.2) is 13.7 Å². The summed E-state index contributed by atoms with van der Waals surface area (Å²) in [7, 11) is 1.68. The summed E-state index contributed by atoms with van der Waals surface area (Å²) < 4.78 is 11.3. The molecule has 2 aromatic carbocycles. The summed E-state index contributed by atoms with van der Waals surface area (Å²) in [5, 5.41) is 3.47. The summed E-state index contributed by atoms with van der Waals surface area (Å²) in [5.41, 5.74) is 2.35. The molecule has 0 radical (unpaired) electrons. The van der Waals surface area contributed by atoms with Crippen LogP contribution in [0, 0.1) is 5.92 Å². The highest BCUT2D eigenvalue weighted by molar-refractivity contribution is 5.85. The van der Waals surface area contributed by atoms with Crippen LogP contribution in [0.25, 0.3) is 0 Å². The van der Waals surface area contributed by atoms with Gasteiger partial charge in [-0.25, -0.2) is 0 Å². The molecule has 0 bridgehead atoms. The third-order valence-electron chi connectivity index (χ3n) is 3.69. The molecule has 0 aliphatic carbocycles. The first-order valence-corrected chi connectivity index (χ1v) is 8.23. The van der Waals surface area contributed by atoms with Gasteiger partial charge in [0, 0.05) is 6.54 Å². The van der Waals surface area contributed by atoms with Crippen LogP contribution in [0.4, 0.5) is 0 Å². The lowest BCUT2D eigenvalue weighted by Crippen LogP contribution is -2.16. The fraction of sp³-hybridized carbons (Fsp3) is 0.400. The maximum absolute atomic E-state index is 5.88. The zero-order chi connectivity index (χ0) is 16.5. The molecule has 24 heavy (non-hydrogen) atoms. The van der Waals surface area contributed by atoms with Crippen molar-refractivity contribution < 1.29 is 9.47 Å². The van der Waals surface area contributed by atoms with E-state index >= 15 is 0 Å². The van der Waals surface area contributed by atoms with Crippen molar-refractivity contribution in [1.82, 2.24) is 5.32 Å². The van der Waals surface area contributed by atoms with Gasteiger partial charge in [0.1, 0.15) is 6.61 Å². The largest absolute Gasteiger partial charge is 0.493 e. The van der Waals surface area contributed by atoms with E-state index in [0.717, 1.165) is 36.1 Å². The van der Waals surface area contributed by atoms with Crippen molar-refractivity contribution in [1.29, 1.82) is 0 Å². The van der Waals surface area contributed by atoms with Crippen molar-refractivity contribution in [3.05, 3.63) is 59.7 Å². The summed E-state index contributed by atoms with van der Waals surface area (Å²) in [6, 6.07) is 16.3. The first kappa shape index (κ1) is 20.3. The van der Waals surface area contributed by atoms with E-state index in [0.29, 0.717) is 6.61 Å². The average Bonchev–Trinajstić information content (AvgIpc) is 2.58. The summed E-state index contributed by atoms with van der Waals surface area (Å²) in [4.78, 5) is 0. The monoisotopic (exact) mass is 349 g/mol. The Kier molecular flexibility index (Phi) is 9.28. The normalized spacial score (nSPS) is 10.3. The molecule has 0 fully saturated rings. The van der Waals surface area contributed by atoms with E-state index in [1.165, 1.54) is 12.0 Å². The van der Waals surface area contributed by atoms with E-state index in [-0.39, 0.29) is 12.4 Å². The Morgan fingerprint density at radius 3 is 2.38 bits per heavy atom. The molecule has 132 valence electrons. The topological polar surface area (TPSA) is 30.5 Å². The highest BCUT2D eigenvalue weighted by Gasteiger charge is 2.06. The van der Waals surface area contributed by atoms with Crippen LogP contribution >= 0.6 is 12.4 Å². The van der Waals surface area contributed by atoms with Crippen LogP contribution in [0.3, 0.4) is 0 Å². The van der Waals surface area contributed by atoms with Crippen molar-refractivity contribution in [3.63, 3.8) is 0 Å². The summed E-state index contributed by atoms with van der Waals surface area (Å²) in [5.74, 6) is 2.29.